The molecule has 4 nitrogen and oxygen atoms in total. The highest BCUT2D eigenvalue weighted by Crippen LogP contribution is 2.19. The van der Waals surface area contributed by atoms with E-state index in [0.717, 1.165) is 36.5 Å². The minimum absolute atomic E-state index is 0.607. The van der Waals surface area contributed by atoms with Crippen LogP contribution in [0.1, 0.15) is 6.92 Å². The third-order valence-corrected chi connectivity index (χ3v) is 3.20. The minimum atomic E-state index is 0.607. The van der Waals surface area contributed by atoms with Crippen molar-refractivity contribution in [3.63, 3.8) is 0 Å². The van der Waals surface area contributed by atoms with Crippen LogP contribution in [0, 0.1) is 0 Å². The van der Waals surface area contributed by atoms with E-state index < -0.39 is 0 Å². The number of para-hydroxylation sites is 1. The molecular formula is C16H20N2O2. The molecule has 0 unspecified atom stereocenters. The number of aldehydes is 1. The molecule has 0 atom stereocenters. The van der Waals surface area contributed by atoms with Gasteiger partial charge >= 0.3 is 0 Å². The van der Waals surface area contributed by atoms with Gasteiger partial charge in [-0.25, -0.2) is 0 Å². The fourth-order valence-electron chi connectivity index (χ4n) is 2.12. The third-order valence-electron chi connectivity index (χ3n) is 3.20. The molecule has 106 valence electrons. The number of benzene rings is 1. The molecule has 0 bridgehead atoms. The number of hydrogen-bond donors (Lipinski definition) is 1. The zero-order valence-electron chi connectivity index (χ0n) is 11.8. The molecule has 1 aromatic carbocycles. The molecule has 1 fully saturated rings. The first-order valence-electron chi connectivity index (χ1n) is 6.72. The SMILES string of the molecule is C=C(C)/C(C=O)=C(\Nc1ccccc1)N1CCOCC1. The predicted octanol–water partition coefficient (Wildman–Crippen LogP) is 2.42. The Kier molecular flexibility index (Phi) is 4.96. The summed E-state index contributed by atoms with van der Waals surface area (Å²) in [4.78, 5) is 13.5. The monoisotopic (exact) mass is 272 g/mol. The molecule has 1 saturated heterocycles. The molecule has 0 spiro atoms. The van der Waals surface area contributed by atoms with Gasteiger partial charge in [0, 0.05) is 18.8 Å². The van der Waals surface area contributed by atoms with E-state index in [0.29, 0.717) is 18.8 Å². The zero-order chi connectivity index (χ0) is 14.4. The van der Waals surface area contributed by atoms with Crippen molar-refractivity contribution in [3.8, 4) is 0 Å². The van der Waals surface area contributed by atoms with Crippen molar-refractivity contribution in [3.05, 3.63) is 53.9 Å². The number of morpholine rings is 1. The van der Waals surface area contributed by atoms with Crippen molar-refractivity contribution >= 4 is 12.0 Å². The maximum atomic E-state index is 11.4. The Balaban J connectivity index is 2.32. The Hall–Kier alpha value is -2.07. The van der Waals surface area contributed by atoms with Crippen LogP contribution >= 0.6 is 0 Å². The molecule has 1 N–H and O–H groups in total. The summed E-state index contributed by atoms with van der Waals surface area (Å²) in [5.41, 5.74) is 2.32. The molecule has 1 aliphatic rings. The van der Waals surface area contributed by atoms with Crippen LogP contribution in [0.3, 0.4) is 0 Å². The second kappa shape index (κ2) is 6.91. The quantitative estimate of drug-likeness (QED) is 0.508. The average Bonchev–Trinajstić information content (AvgIpc) is 2.48. The molecule has 20 heavy (non-hydrogen) atoms. The Morgan fingerprint density at radius 3 is 2.50 bits per heavy atom. The highest BCUT2D eigenvalue weighted by Gasteiger charge is 2.18. The number of ether oxygens (including phenoxy) is 1. The zero-order valence-corrected chi connectivity index (χ0v) is 11.8. The van der Waals surface area contributed by atoms with Gasteiger partial charge in [-0.05, 0) is 24.6 Å². The van der Waals surface area contributed by atoms with E-state index in [4.69, 9.17) is 4.74 Å². The fraction of sp³-hybridized carbons (Fsp3) is 0.312. The van der Waals surface area contributed by atoms with Gasteiger partial charge in [0.2, 0.25) is 0 Å². The molecule has 1 aliphatic heterocycles. The van der Waals surface area contributed by atoms with Crippen LogP contribution in [-0.2, 0) is 9.53 Å². The number of carbonyl (C=O) groups is 1. The minimum Gasteiger partial charge on any atom is -0.378 e. The lowest BCUT2D eigenvalue weighted by Gasteiger charge is -2.32. The lowest BCUT2D eigenvalue weighted by atomic mass is 10.1. The molecule has 1 heterocycles. The smallest absolute Gasteiger partial charge is 0.153 e. The normalized spacial score (nSPS) is 16.4. The summed E-state index contributed by atoms with van der Waals surface area (Å²) in [5, 5.41) is 3.34. The van der Waals surface area contributed by atoms with Gasteiger partial charge in [-0.1, -0.05) is 24.8 Å². The summed E-state index contributed by atoms with van der Waals surface area (Å²) in [6.45, 7) is 8.61. The van der Waals surface area contributed by atoms with Gasteiger partial charge in [0.15, 0.2) is 6.29 Å². The number of nitrogens with zero attached hydrogens (tertiary/aromatic N) is 1. The molecule has 0 saturated carbocycles. The maximum absolute atomic E-state index is 11.4. The number of carbonyl (C=O) groups excluding carboxylic acids is 1. The van der Waals surface area contributed by atoms with Gasteiger partial charge in [-0.3, -0.25) is 4.79 Å². The molecule has 4 heteroatoms. The topological polar surface area (TPSA) is 41.6 Å². The first-order chi connectivity index (χ1) is 9.72. The van der Waals surface area contributed by atoms with E-state index >= 15 is 0 Å². The van der Waals surface area contributed by atoms with Crippen molar-refractivity contribution in [2.75, 3.05) is 31.6 Å². The number of anilines is 1. The number of nitrogens with one attached hydrogen (secondary N) is 1. The molecule has 0 aliphatic carbocycles. The van der Waals surface area contributed by atoms with Gasteiger partial charge in [0.05, 0.1) is 18.8 Å². The van der Waals surface area contributed by atoms with Crippen LogP contribution in [0.2, 0.25) is 0 Å². The van der Waals surface area contributed by atoms with Gasteiger partial charge in [0.1, 0.15) is 5.82 Å². The predicted molar refractivity (Wildman–Crippen MR) is 80.4 cm³/mol. The van der Waals surface area contributed by atoms with Gasteiger partial charge in [-0.15, -0.1) is 0 Å². The van der Waals surface area contributed by atoms with E-state index in [1.165, 1.54) is 0 Å². The summed E-state index contributed by atoms with van der Waals surface area (Å²) < 4.78 is 5.37. The van der Waals surface area contributed by atoms with Gasteiger partial charge < -0.3 is 15.0 Å². The fourth-order valence-corrected chi connectivity index (χ4v) is 2.12. The number of allylic oxidation sites excluding steroid dienone is 2. The van der Waals surface area contributed by atoms with Crippen molar-refractivity contribution in [2.45, 2.75) is 6.92 Å². The van der Waals surface area contributed by atoms with Crippen LogP contribution in [0.25, 0.3) is 0 Å². The van der Waals surface area contributed by atoms with Crippen molar-refractivity contribution < 1.29 is 9.53 Å². The highest BCUT2D eigenvalue weighted by molar-refractivity contribution is 5.81. The van der Waals surface area contributed by atoms with Gasteiger partial charge in [0.25, 0.3) is 0 Å². The van der Waals surface area contributed by atoms with E-state index in [9.17, 15) is 4.79 Å². The van der Waals surface area contributed by atoms with Crippen molar-refractivity contribution in [1.82, 2.24) is 4.90 Å². The van der Waals surface area contributed by atoms with E-state index in [1.54, 1.807) is 0 Å². The Bertz CT molecular complexity index is 502. The van der Waals surface area contributed by atoms with Crippen molar-refractivity contribution in [1.29, 1.82) is 0 Å². The second-order valence-electron chi connectivity index (χ2n) is 4.75. The maximum Gasteiger partial charge on any atom is 0.153 e. The van der Waals surface area contributed by atoms with Crippen LogP contribution in [0.4, 0.5) is 5.69 Å². The summed E-state index contributed by atoms with van der Waals surface area (Å²) in [6.07, 6.45) is 0.864. The second-order valence-corrected chi connectivity index (χ2v) is 4.75. The number of rotatable bonds is 5. The summed E-state index contributed by atoms with van der Waals surface area (Å²) in [6, 6.07) is 9.83. The lowest BCUT2D eigenvalue weighted by molar-refractivity contribution is -0.104. The van der Waals surface area contributed by atoms with E-state index in [-0.39, 0.29) is 0 Å². The first kappa shape index (κ1) is 14.3. The first-order valence-corrected chi connectivity index (χ1v) is 6.72. The average molecular weight is 272 g/mol. The van der Waals surface area contributed by atoms with Gasteiger partial charge in [-0.2, -0.15) is 0 Å². The summed E-state index contributed by atoms with van der Waals surface area (Å²) in [7, 11) is 0. The molecule has 1 aromatic rings. The van der Waals surface area contributed by atoms with E-state index in [2.05, 4.69) is 16.8 Å². The Labute approximate surface area is 119 Å². The van der Waals surface area contributed by atoms with E-state index in [1.807, 2.05) is 37.3 Å². The third kappa shape index (κ3) is 3.48. The van der Waals surface area contributed by atoms with Crippen molar-refractivity contribution in [2.24, 2.45) is 0 Å². The van der Waals surface area contributed by atoms with Crippen LogP contribution in [0.15, 0.2) is 53.9 Å². The molecule has 0 radical (unpaired) electrons. The largest absolute Gasteiger partial charge is 0.378 e. The van der Waals surface area contributed by atoms with Crippen LogP contribution in [-0.4, -0.2) is 37.5 Å². The summed E-state index contributed by atoms with van der Waals surface area (Å²) in [5.74, 6) is 0.807. The molecule has 0 aromatic heterocycles. The molecular weight excluding hydrogens is 252 g/mol. The molecule has 0 amide bonds. The van der Waals surface area contributed by atoms with Crippen LogP contribution in [0.5, 0.6) is 0 Å². The molecule has 2 rings (SSSR count). The lowest BCUT2D eigenvalue weighted by Crippen LogP contribution is -2.39. The summed E-state index contributed by atoms with van der Waals surface area (Å²) >= 11 is 0. The van der Waals surface area contributed by atoms with Crippen LogP contribution < -0.4 is 5.32 Å². The Morgan fingerprint density at radius 1 is 1.30 bits per heavy atom. The Morgan fingerprint density at radius 2 is 1.95 bits per heavy atom. The highest BCUT2D eigenvalue weighted by atomic mass is 16.5. The standard InChI is InChI=1S/C16H20N2O2/c1-13(2)15(12-19)16(18-8-10-20-11-9-18)17-14-6-4-3-5-7-14/h3-7,12,17H,1,8-11H2,2H3/b16-15+. The number of hydrogen-bond acceptors (Lipinski definition) is 4.